The molecule has 0 saturated carbocycles. The van der Waals surface area contributed by atoms with Gasteiger partial charge in [0, 0.05) is 28.6 Å². The summed E-state index contributed by atoms with van der Waals surface area (Å²) in [4.78, 5) is 12.1. The van der Waals surface area contributed by atoms with E-state index in [2.05, 4.69) is 5.32 Å². The minimum atomic E-state index is -0.174. The van der Waals surface area contributed by atoms with Gasteiger partial charge in [0.05, 0.1) is 20.5 Å². The van der Waals surface area contributed by atoms with Crippen LogP contribution in [0, 0.1) is 0 Å². The number of hydrogen-bond donors (Lipinski definition) is 1. The maximum atomic E-state index is 12.1. The summed E-state index contributed by atoms with van der Waals surface area (Å²) in [6.07, 6.45) is 5.49. The zero-order valence-electron chi connectivity index (χ0n) is 15.1. The Hall–Kier alpha value is -2.92. The van der Waals surface area contributed by atoms with Gasteiger partial charge >= 0.3 is 0 Å². The van der Waals surface area contributed by atoms with Crippen molar-refractivity contribution in [2.75, 3.05) is 20.8 Å². The molecular weight excluding hydrogens is 366 g/mol. The van der Waals surface area contributed by atoms with E-state index in [1.807, 2.05) is 24.3 Å². The molecule has 0 aliphatic rings. The van der Waals surface area contributed by atoms with E-state index in [-0.39, 0.29) is 5.91 Å². The Morgan fingerprint density at radius 1 is 1.15 bits per heavy atom. The highest BCUT2D eigenvalue weighted by Crippen LogP contribution is 2.27. The first-order valence-electron chi connectivity index (χ1n) is 8.44. The molecule has 2 aromatic carbocycles. The molecular formula is C21H20ClNO4. The van der Waals surface area contributed by atoms with Crippen LogP contribution in [0.4, 0.5) is 0 Å². The lowest BCUT2D eigenvalue weighted by molar-refractivity contribution is -0.116. The Labute approximate surface area is 162 Å². The topological polar surface area (TPSA) is 60.7 Å². The van der Waals surface area contributed by atoms with Gasteiger partial charge in [-0.05, 0) is 48.4 Å². The van der Waals surface area contributed by atoms with Gasteiger partial charge in [-0.15, -0.1) is 0 Å². The van der Waals surface area contributed by atoms with Crippen LogP contribution in [0.3, 0.4) is 0 Å². The van der Waals surface area contributed by atoms with Gasteiger partial charge in [-0.25, -0.2) is 0 Å². The number of fused-ring (bicyclic) bond motifs is 1. The van der Waals surface area contributed by atoms with Gasteiger partial charge in [-0.1, -0.05) is 17.7 Å². The zero-order chi connectivity index (χ0) is 19.2. The molecule has 1 heterocycles. The van der Waals surface area contributed by atoms with Crippen LogP contribution in [0.2, 0.25) is 5.02 Å². The third kappa shape index (κ3) is 4.63. The van der Waals surface area contributed by atoms with Gasteiger partial charge in [-0.3, -0.25) is 4.79 Å². The zero-order valence-corrected chi connectivity index (χ0v) is 15.9. The van der Waals surface area contributed by atoms with Crippen molar-refractivity contribution in [3.63, 3.8) is 0 Å². The first-order chi connectivity index (χ1) is 13.1. The van der Waals surface area contributed by atoms with Crippen LogP contribution in [0.25, 0.3) is 17.0 Å². The van der Waals surface area contributed by atoms with E-state index >= 15 is 0 Å². The molecule has 1 amide bonds. The van der Waals surface area contributed by atoms with E-state index in [0.717, 1.165) is 22.1 Å². The Morgan fingerprint density at radius 2 is 1.96 bits per heavy atom. The van der Waals surface area contributed by atoms with E-state index in [1.165, 1.54) is 6.08 Å². The molecule has 0 radical (unpaired) electrons. The Balaban J connectivity index is 1.56. The fraction of sp³-hybridized carbons (Fsp3) is 0.190. The monoisotopic (exact) mass is 385 g/mol. The predicted octanol–water partition coefficient (Wildman–Crippen LogP) is 4.48. The minimum absolute atomic E-state index is 0.174. The molecule has 0 saturated heterocycles. The van der Waals surface area contributed by atoms with Crippen LogP contribution in [0.1, 0.15) is 11.1 Å². The summed E-state index contributed by atoms with van der Waals surface area (Å²) in [5.74, 6) is 1.18. The van der Waals surface area contributed by atoms with E-state index < -0.39 is 0 Å². The van der Waals surface area contributed by atoms with Crippen LogP contribution in [-0.2, 0) is 11.2 Å². The summed E-state index contributed by atoms with van der Waals surface area (Å²) in [6.45, 7) is 0.511. The first-order valence-corrected chi connectivity index (χ1v) is 8.82. The number of methoxy groups -OCH3 is 2. The molecule has 3 rings (SSSR count). The maximum absolute atomic E-state index is 12.1. The largest absolute Gasteiger partial charge is 0.493 e. The number of benzene rings is 2. The number of halogens is 1. The van der Waals surface area contributed by atoms with Crippen molar-refractivity contribution >= 4 is 34.6 Å². The van der Waals surface area contributed by atoms with Gasteiger partial charge in [0.15, 0.2) is 11.5 Å². The molecule has 1 N–H and O–H groups in total. The first kappa shape index (κ1) is 18.9. The molecule has 0 atom stereocenters. The summed E-state index contributed by atoms with van der Waals surface area (Å²) < 4.78 is 16.0. The Bertz CT molecular complexity index is 977. The normalized spacial score (nSPS) is 11.1. The molecule has 0 aliphatic heterocycles. The molecule has 0 bridgehead atoms. The van der Waals surface area contributed by atoms with Gasteiger partial charge < -0.3 is 19.2 Å². The lowest BCUT2D eigenvalue weighted by Crippen LogP contribution is -2.23. The number of nitrogens with one attached hydrogen (secondary N) is 1. The number of carbonyl (C=O) groups excluding carboxylic acids is 1. The lowest BCUT2D eigenvalue weighted by atomic mass is 10.1. The summed E-state index contributed by atoms with van der Waals surface area (Å²) in [7, 11) is 3.20. The highest BCUT2D eigenvalue weighted by Gasteiger charge is 2.06. The highest BCUT2D eigenvalue weighted by atomic mass is 35.5. The number of rotatable bonds is 7. The second-order valence-electron chi connectivity index (χ2n) is 5.90. The fourth-order valence-electron chi connectivity index (χ4n) is 2.74. The predicted molar refractivity (Wildman–Crippen MR) is 107 cm³/mol. The molecule has 0 unspecified atom stereocenters. The van der Waals surface area contributed by atoms with Crippen LogP contribution in [0.5, 0.6) is 11.5 Å². The average molecular weight is 386 g/mol. The van der Waals surface area contributed by atoms with Crippen molar-refractivity contribution < 1.29 is 18.7 Å². The molecule has 1 aromatic heterocycles. The van der Waals surface area contributed by atoms with Gasteiger partial charge in [0.25, 0.3) is 0 Å². The fourth-order valence-corrected chi connectivity index (χ4v) is 2.91. The third-order valence-electron chi connectivity index (χ3n) is 4.14. The van der Waals surface area contributed by atoms with Crippen molar-refractivity contribution in [1.82, 2.24) is 5.32 Å². The molecule has 6 heteroatoms. The number of carbonyl (C=O) groups is 1. The van der Waals surface area contributed by atoms with Crippen molar-refractivity contribution in [1.29, 1.82) is 0 Å². The summed E-state index contributed by atoms with van der Waals surface area (Å²) in [6, 6.07) is 11.1. The van der Waals surface area contributed by atoms with Crippen LogP contribution < -0.4 is 14.8 Å². The Kier molecular flexibility index (Phi) is 6.04. The number of ether oxygens (including phenoxy) is 2. The SMILES string of the molecule is COc1ccc(CCNC(=O)/C=C/c2coc3ccc(Cl)cc23)cc1OC. The van der Waals surface area contributed by atoms with Crippen LogP contribution >= 0.6 is 11.6 Å². The molecule has 5 nitrogen and oxygen atoms in total. The summed E-state index contributed by atoms with van der Waals surface area (Å²) in [5, 5.41) is 4.36. The quantitative estimate of drug-likeness (QED) is 0.609. The molecule has 0 spiro atoms. The smallest absolute Gasteiger partial charge is 0.244 e. The van der Waals surface area contributed by atoms with Crippen LogP contribution in [-0.4, -0.2) is 26.7 Å². The van der Waals surface area contributed by atoms with E-state index in [0.29, 0.717) is 29.5 Å². The molecule has 27 heavy (non-hydrogen) atoms. The Morgan fingerprint density at radius 3 is 2.74 bits per heavy atom. The van der Waals surface area contributed by atoms with E-state index in [1.54, 1.807) is 38.7 Å². The standard InChI is InChI=1S/C21H20ClNO4/c1-25-19-6-3-14(11-20(19)26-2)9-10-23-21(24)8-4-15-13-27-18-7-5-16(22)12-17(15)18/h3-8,11-13H,9-10H2,1-2H3,(H,23,24)/b8-4+. The maximum Gasteiger partial charge on any atom is 0.244 e. The number of amides is 1. The van der Waals surface area contributed by atoms with Gasteiger partial charge in [0.2, 0.25) is 5.91 Å². The summed E-state index contributed by atoms with van der Waals surface area (Å²) >= 11 is 6.02. The van der Waals surface area contributed by atoms with Gasteiger partial charge in [-0.2, -0.15) is 0 Å². The average Bonchev–Trinajstić information content (AvgIpc) is 3.08. The molecule has 0 aliphatic carbocycles. The second-order valence-corrected chi connectivity index (χ2v) is 6.33. The number of furan rings is 1. The highest BCUT2D eigenvalue weighted by molar-refractivity contribution is 6.31. The number of hydrogen-bond acceptors (Lipinski definition) is 4. The van der Waals surface area contributed by atoms with Crippen molar-refractivity contribution in [2.24, 2.45) is 0 Å². The summed E-state index contributed by atoms with van der Waals surface area (Å²) in [5.41, 5.74) is 2.59. The van der Waals surface area contributed by atoms with Crippen molar-refractivity contribution in [3.05, 3.63) is 64.9 Å². The van der Waals surface area contributed by atoms with Crippen molar-refractivity contribution in [3.8, 4) is 11.5 Å². The molecule has 140 valence electrons. The molecule has 3 aromatic rings. The van der Waals surface area contributed by atoms with Gasteiger partial charge in [0.1, 0.15) is 5.58 Å². The van der Waals surface area contributed by atoms with Crippen LogP contribution in [0.15, 0.2) is 53.2 Å². The third-order valence-corrected chi connectivity index (χ3v) is 4.38. The van der Waals surface area contributed by atoms with E-state index in [9.17, 15) is 4.79 Å². The second kappa shape index (κ2) is 8.64. The van der Waals surface area contributed by atoms with E-state index in [4.69, 9.17) is 25.5 Å². The molecule has 0 fully saturated rings. The lowest BCUT2D eigenvalue weighted by Gasteiger charge is -2.09. The minimum Gasteiger partial charge on any atom is -0.493 e. The van der Waals surface area contributed by atoms with Crippen molar-refractivity contribution in [2.45, 2.75) is 6.42 Å².